The summed E-state index contributed by atoms with van der Waals surface area (Å²) in [4.78, 5) is 16.6. The second-order valence-electron chi connectivity index (χ2n) is 5.41. The van der Waals surface area contributed by atoms with Crippen LogP contribution in [0.25, 0.3) is 0 Å². The minimum absolute atomic E-state index is 0.221. The molecule has 20 heavy (non-hydrogen) atoms. The zero-order valence-corrected chi connectivity index (χ0v) is 12.3. The topological polar surface area (TPSA) is 61.6 Å². The fourth-order valence-corrected chi connectivity index (χ4v) is 2.79. The van der Waals surface area contributed by atoms with Crippen LogP contribution in [0.3, 0.4) is 0 Å². The first-order valence-electron chi connectivity index (χ1n) is 7.17. The zero-order valence-electron chi connectivity index (χ0n) is 12.3. The van der Waals surface area contributed by atoms with Crippen LogP contribution in [0.4, 0.5) is 0 Å². The summed E-state index contributed by atoms with van der Waals surface area (Å²) in [6.07, 6.45) is 1.15. The summed E-state index contributed by atoms with van der Waals surface area (Å²) in [6, 6.07) is 8.26. The lowest BCUT2D eigenvalue weighted by atomic mass is 10.0. The third kappa shape index (κ3) is 3.36. The van der Waals surface area contributed by atoms with Gasteiger partial charge in [0.1, 0.15) is 0 Å². The molecule has 0 radical (unpaired) electrons. The van der Waals surface area contributed by atoms with Gasteiger partial charge in [-0.1, -0.05) is 25.1 Å². The number of carbonyl (C=O) groups excluding carboxylic acids is 1. The number of hydrogen-bond acceptors (Lipinski definition) is 4. The van der Waals surface area contributed by atoms with Crippen LogP contribution in [0.1, 0.15) is 29.3 Å². The number of carbonyl (C=O) groups is 1. The summed E-state index contributed by atoms with van der Waals surface area (Å²) >= 11 is 0. The predicted octanol–water partition coefficient (Wildman–Crippen LogP) is 0.816. The third-order valence-corrected chi connectivity index (χ3v) is 4.12. The number of nitrogens with two attached hydrogens (primary N) is 1. The zero-order chi connectivity index (χ0) is 14.5. The Labute approximate surface area is 120 Å². The van der Waals surface area contributed by atoms with Gasteiger partial charge in [0.15, 0.2) is 0 Å². The van der Waals surface area contributed by atoms with E-state index in [1.165, 1.54) is 0 Å². The van der Waals surface area contributed by atoms with Crippen molar-refractivity contribution >= 4 is 5.91 Å². The molecule has 0 bridgehead atoms. The standard InChI is InChI=1S/C15H24N4O/c1-3-13-11-19(9-8-18(13)2)10-12-6-4-5-7-14(12)15(20)17-16/h4-7,13H,3,8-11,16H2,1-2H3,(H,17,20). The van der Waals surface area contributed by atoms with Gasteiger partial charge in [0.05, 0.1) is 0 Å². The molecule has 1 atom stereocenters. The number of nitrogens with zero attached hydrogens (tertiary/aromatic N) is 2. The van der Waals surface area contributed by atoms with E-state index in [2.05, 4.69) is 29.2 Å². The van der Waals surface area contributed by atoms with Gasteiger partial charge in [0.2, 0.25) is 0 Å². The van der Waals surface area contributed by atoms with Gasteiger partial charge in [0, 0.05) is 37.8 Å². The van der Waals surface area contributed by atoms with Crippen LogP contribution in [-0.2, 0) is 6.54 Å². The van der Waals surface area contributed by atoms with Crippen molar-refractivity contribution in [3.63, 3.8) is 0 Å². The maximum atomic E-state index is 11.8. The third-order valence-electron chi connectivity index (χ3n) is 4.12. The van der Waals surface area contributed by atoms with E-state index in [4.69, 9.17) is 5.84 Å². The molecule has 0 aromatic heterocycles. The molecular weight excluding hydrogens is 252 g/mol. The summed E-state index contributed by atoms with van der Waals surface area (Å²) in [5.41, 5.74) is 3.93. The average molecular weight is 276 g/mol. The van der Waals surface area contributed by atoms with Gasteiger partial charge in [-0.05, 0) is 25.1 Å². The quantitative estimate of drug-likeness (QED) is 0.485. The second kappa shape index (κ2) is 6.83. The van der Waals surface area contributed by atoms with Gasteiger partial charge in [-0.2, -0.15) is 0 Å². The van der Waals surface area contributed by atoms with Gasteiger partial charge < -0.3 is 4.90 Å². The van der Waals surface area contributed by atoms with E-state index in [1.807, 2.05) is 24.3 Å². The lowest BCUT2D eigenvalue weighted by molar-refractivity contribution is 0.0870. The van der Waals surface area contributed by atoms with E-state index >= 15 is 0 Å². The van der Waals surface area contributed by atoms with Crippen LogP contribution >= 0.6 is 0 Å². The first-order chi connectivity index (χ1) is 9.65. The molecule has 1 amide bonds. The predicted molar refractivity (Wildman–Crippen MR) is 80.1 cm³/mol. The average Bonchev–Trinajstić information content (AvgIpc) is 2.49. The molecule has 3 N–H and O–H groups in total. The number of amides is 1. The first kappa shape index (κ1) is 15.0. The van der Waals surface area contributed by atoms with Crippen molar-refractivity contribution < 1.29 is 4.79 Å². The highest BCUT2D eigenvalue weighted by Gasteiger charge is 2.23. The fraction of sp³-hybridized carbons (Fsp3) is 0.533. The monoisotopic (exact) mass is 276 g/mol. The number of hydrazine groups is 1. The Bertz CT molecular complexity index is 463. The molecule has 110 valence electrons. The number of rotatable bonds is 4. The molecule has 0 aliphatic carbocycles. The lowest BCUT2D eigenvalue weighted by Gasteiger charge is -2.39. The van der Waals surface area contributed by atoms with Crippen LogP contribution in [-0.4, -0.2) is 48.4 Å². The maximum absolute atomic E-state index is 11.8. The highest BCUT2D eigenvalue weighted by atomic mass is 16.2. The summed E-state index contributed by atoms with van der Waals surface area (Å²) in [5, 5.41) is 0. The molecule has 1 heterocycles. The van der Waals surface area contributed by atoms with Crippen molar-refractivity contribution in [2.45, 2.75) is 25.9 Å². The van der Waals surface area contributed by atoms with E-state index in [1.54, 1.807) is 0 Å². The lowest BCUT2D eigenvalue weighted by Crippen LogP contribution is -2.50. The summed E-state index contributed by atoms with van der Waals surface area (Å²) in [5.74, 6) is 5.03. The Hall–Kier alpha value is -1.43. The van der Waals surface area contributed by atoms with Crippen LogP contribution in [0.2, 0.25) is 0 Å². The van der Waals surface area contributed by atoms with Gasteiger partial charge in [0.25, 0.3) is 5.91 Å². The molecular formula is C15H24N4O. The number of nitrogens with one attached hydrogen (secondary N) is 1. The summed E-state index contributed by atoms with van der Waals surface area (Å²) in [6.45, 7) is 6.18. The van der Waals surface area contributed by atoms with Crippen molar-refractivity contribution in [3.05, 3.63) is 35.4 Å². The van der Waals surface area contributed by atoms with Crippen molar-refractivity contribution in [2.24, 2.45) is 5.84 Å². The van der Waals surface area contributed by atoms with Gasteiger partial charge in [-0.15, -0.1) is 0 Å². The Balaban J connectivity index is 2.08. The number of piperazine rings is 1. The van der Waals surface area contributed by atoms with E-state index < -0.39 is 0 Å². The molecule has 1 aromatic carbocycles. The van der Waals surface area contributed by atoms with E-state index in [0.717, 1.165) is 38.2 Å². The Morgan fingerprint density at radius 1 is 1.40 bits per heavy atom. The summed E-state index contributed by atoms with van der Waals surface area (Å²) < 4.78 is 0. The molecule has 1 aliphatic rings. The SMILES string of the molecule is CCC1CN(Cc2ccccc2C(=O)NN)CCN1C. The van der Waals surface area contributed by atoms with E-state index in [-0.39, 0.29) is 5.91 Å². The van der Waals surface area contributed by atoms with Crippen molar-refractivity contribution in [1.29, 1.82) is 0 Å². The van der Waals surface area contributed by atoms with Crippen LogP contribution in [0.5, 0.6) is 0 Å². The normalized spacial score (nSPS) is 20.9. The Morgan fingerprint density at radius 3 is 2.85 bits per heavy atom. The largest absolute Gasteiger partial charge is 0.301 e. The van der Waals surface area contributed by atoms with Crippen molar-refractivity contribution in [3.8, 4) is 0 Å². The van der Waals surface area contributed by atoms with Crippen LogP contribution < -0.4 is 11.3 Å². The number of hydrogen-bond donors (Lipinski definition) is 2. The minimum atomic E-state index is -0.221. The molecule has 1 fully saturated rings. The Kier molecular flexibility index (Phi) is 5.11. The molecule has 5 nitrogen and oxygen atoms in total. The van der Waals surface area contributed by atoms with Crippen molar-refractivity contribution in [1.82, 2.24) is 15.2 Å². The van der Waals surface area contributed by atoms with E-state index in [0.29, 0.717) is 11.6 Å². The fourth-order valence-electron chi connectivity index (χ4n) is 2.79. The summed E-state index contributed by atoms with van der Waals surface area (Å²) in [7, 11) is 2.18. The van der Waals surface area contributed by atoms with Gasteiger partial charge in [-0.3, -0.25) is 15.1 Å². The highest BCUT2D eigenvalue weighted by molar-refractivity contribution is 5.95. The smallest absolute Gasteiger partial charge is 0.265 e. The molecule has 1 aromatic rings. The number of nitrogen functional groups attached to an aromatic ring is 1. The Morgan fingerprint density at radius 2 is 2.15 bits per heavy atom. The molecule has 1 aliphatic heterocycles. The molecule has 0 saturated carbocycles. The molecule has 1 saturated heterocycles. The molecule has 5 heteroatoms. The first-order valence-corrected chi connectivity index (χ1v) is 7.17. The van der Waals surface area contributed by atoms with Gasteiger partial charge in [-0.25, -0.2) is 5.84 Å². The van der Waals surface area contributed by atoms with Gasteiger partial charge >= 0.3 is 0 Å². The highest BCUT2D eigenvalue weighted by Crippen LogP contribution is 2.16. The maximum Gasteiger partial charge on any atom is 0.265 e. The van der Waals surface area contributed by atoms with Crippen LogP contribution in [0.15, 0.2) is 24.3 Å². The molecule has 1 unspecified atom stereocenters. The number of benzene rings is 1. The van der Waals surface area contributed by atoms with Crippen molar-refractivity contribution in [2.75, 3.05) is 26.7 Å². The molecule has 2 rings (SSSR count). The number of likely N-dealkylation sites (N-methyl/N-ethyl adjacent to an activating group) is 1. The molecule has 0 spiro atoms. The second-order valence-corrected chi connectivity index (χ2v) is 5.41. The van der Waals surface area contributed by atoms with E-state index in [9.17, 15) is 4.79 Å². The minimum Gasteiger partial charge on any atom is -0.301 e. The van der Waals surface area contributed by atoms with Crippen LogP contribution in [0, 0.1) is 0 Å².